The SMILES string of the molecule is CCS(=O)(=O)c1ccc(N2CCNC(C)C2)c(F)c1. The van der Waals surface area contributed by atoms with Gasteiger partial charge in [-0.05, 0) is 25.1 Å². The first-order chi connectivity index (χ1) is 8.94. The number of benzene rings is 1. The van der Waals surface area contributed by atoms with Crippen molar-refractivity contribution in [1.29, 1.82) is 0 Å². The lowest BCUT2D eigenvalue weighted by molar-refractivity contribution is 0.478. The van der Waals surface area contributed by atoms with Crippen molar-refractivity contribution < 1.29 is 12.8 Å². The number of nitrogens with one attached hydrogen (secondary N) is 1. The van der Waals surface area contributed by atoms with E-state index in [0.29, 0.717) is 11.7 Å². The van der Waals surface area contributed by atoms with Crippen LogP contribution >= 0.6 is 0 Å². The number of piperazine rings is 1. The van der Waals surface area contributed by atoms with E-state index < -0.39 is 15.7 Å². The Morgan fingerprint density at radius 1 is 1.47 bits per heavy atom. The number of halogens is 1. The Morgan fingerprint density at radius 2 is 2.21 bits per heavy atom. The summed E-state index contributed by atoms with van der Waals surface area (Å²) in [6, 6.07) is 4.48. The topological polar surface area (TPSA) is 49.4 Å². The molecule has 0 aliphatic carbocycles. The van der Waals surface area contributed by atoms with E-state index in [4.69, 9.17) is 0 Å². The quantitative estimate of drug-likeness (QED) is 0.913. The van der Waals surface area contributed by atoms with E-state index in [2.05, 4.69) is 5.32 Å². The zero-order chi connectivity index (χ0) is 14.0. The van der Waals surface area contributed by atoms with Crippen LogP contribution in [0.25, 0.3) is 0 Å². The first-order valence-electron chi connectivity index (χ1n) is 6.44. The molecule has 0 aromatic heterocycles. The molecule has 1 heterocycles. The molecule has 1 fully saturated rings. The molecule has 0 saturated carbocycles. The lowest BCUT2D eigenvalue weighted by Gasteiger charge is -2.33. The predicted molar refractivity (Wildman–Crippen MR) is 73.8 cm³/mol. The van der Waals surface area contributed by atoms with Gasteiger partial charge in [-0.1, -0.05) is 6.92 Å². The second-order valence-electron chi connectivity index (χ2n) is 4.82. The van der Waals surface area contributed by atoms with Crippen molar-refractivity contribution in [3.05, 3.63) is 24.0 Å². The van der Waals surface area contributed by atoms with E-state index in [9.17, 15) is 12.8 Å². The molecule has 1 saturated heterocycles. The monoisotopic (exact) mass is 286 g/mol. The van der Waals surface area contributed by atoms with E-state index in [0.717, 1.165) is 25.7 Å². The Labute approximate surface area is 113 Å². The molecule has 1 aliphatic heterocycles. The van der Waals surface area contributed by atoms with Crippen molar-refractivity contribution in [3.8, 4) is 0 Å². The highest BCUT2D eigenvalue weighted by Gasteiger charge is 2.20. The lowest BCUT2D eigenvalue weighted by atomic mass is 10.2. The number of rotatable bonds is 3. The minimum atomic E-state index is -3.35. The van der Waals surface area contributed by atoms with Crippen LogP contribution in [0.1, 0.15) is 13.8 Å². The third kappa shape index (κ3) is 3.06. The summed E-state index contributed by atoms with van der Waals surface area (Å²) >= 11 is 0. The van der Waals surface area contributed by atoms with Crippen LogP contribution in [0.4, 0.5) is 10.1 Å². The molecule has 0 radical (unpaired) electrons. The molecule has 19 heavy (non-hydrogen) atoms. The summed E-state index contributed by atoms with van der Waals surface area (Å²) in [7, 11) is -3.35. The molecule has 6 heteroatoms. The lowest BCUT2D eigenvalue weighted by Crippen LogP contribution is -2.49. The average molecular weight is 286 g/mol. The Hall–Kier alpha value is -1.14. The Bertz CT molecular complexity index is 560. The maximum atomic E-state index is 14.1. The third-order valence-corrected chi connectivity index (χ3v) is 5.10. The normalized spacial score (nSPS) is 20.6. The molecule has 1 N–H and O–H groups in total. The summed E-state index contributed by atoms with van der Waals surface area (Å²) in [6.07, 6.45) is 0. The molecule has 1 unspecified atom stereocenters. The van der Waals surface area contributed by atoms with Gasteiger partial charge >= 0.3 is 0 Å². The van der Waals surface area contributed by atoms with Crippen LogP contribution in [0.2, 0.25) is 0 Å². The fourth-order valence-electron chi connectivity index (χ4n) is 2.26. The van der Waals surface area contributed by atoms with Gasteiger partial charge in [0.15, 0.2) is 9.84 Å². The van der Waals surface area contributed by atoms with E-state index in [-0.39, 0.29) is 10.6 Å². The molecule has 106 valence electrons. The summed E-state index contributed by atoms with van der Waals surface area (Å²) < 4.78 is 37.5. The number of nitrogens with zero attached hydrogens (tertiary/aromatic N) is 1. The van der Waals surface area contributed by atoms with Gasteiger partial charge in [0.05, 0.1) is 16.3 Å². The first kappa shape index (κ1) is 14.3. The summed E-state index contributed by atoms with van der Waals surface area (Å²) in [6.45, 7) is 5.84. The molecule has 0 bridgehead atoms. The Kier molecular flexibility index (Phi) is 4.10. The van der Waals surface area contributed by atoms with Crippen LogP contribution in [0.15, 0.2) is 23.1 Å². The van der Waals surface area contributed by atoms with Gasteiger partial charge in [0.2, 0.25) is 0 Å². The van der Waals surface area contributed by atoms with Crippen molar-refractivity contribution in [1.82, 2.24) is 5.32 Å². The number of hydrogen-bond acceptors (Lipinski definition) is 4. The van der Waals surface area contributed by atoms with E-state index in [1.807, 2.05) is 11.8 Å². The van der Waals surface area contributed by atoms with E-state index in [1.54, 1.807) is 13.0 Å². The number of sulfone groups is 1. The van der Waals surface area contributed by atoms with Crippen LogP contribution in [-0.2, 0) is 9.84 Å². The van der Waals surface area contributed by atoms with Crippen molar-refractivity contribution in [2.45, 2.75) is 24.8 Å². The molecule has 1 aliphatic rings. The molecular weight excluding hydrogens is 267 g/mol. The molecule has 0 amide bonds. The zero-order valence-electron chi connectivity index (χ0n) is 11.2. The van der Waals surface area contributed by atoms with Crippen LogP contribution in [0.3, 0.4) is 0 Å². The summed E-state index contributed by atoms with van der Waals surface area (Å²) in [4.78, 5) is 2.00. The fourth-order valence-corrected chi connectivity index (χ4v) is 3.15. The highest BCUT2D eigenvalue weighted by atomic mass is 32.2. The van der Waals surface area contributed by atoms with Crippen LogP contribution in [-0.4, -0.2) is 39.8 Å². The van der Waals surface area contributed by atoms with Crippen molar-refractivity contribution in [2.75, 3.05) is 30.3 Å². The van der Waals surface area contributed by atoms with E-state index >= 15 is 0 Å². The van der Waals surface area contributed by atoms with Crippen molar-refractivity contribution >= 4 is 15.5 Å². The van der Waals surface area contributed by atoms with Gasteiger partial charge in [0.25, 0.3) is 0 Å². The van der Waals surface area contributed by atoms with Crippen molar-refractivity contribution in [3.63, 3.8) is 0 Å². The first-order valence-corrected chi connectivity index (χ1v) is 8.10. The maximum absolute atomic E-state index is 14.1. The average Bonchev–Trinajstić information content (AvgIpc) is 2.38. The van der Waals surface area contributed by atoms with Gasteiger partial charge in [-0.15, -0.1) is 0 Å². The van der Waals surface area contributed by atoms with Crippen molar-refractivity contribution in [2.24, 2.45) is 0 Å². The third-order valence-electron chi connectivity index (χ3n) is 3.37. The summed E-state index contributed by atoms with van der Waals surface area (Å²) in [5.74, 6) is -0.486. The Balaban J connectivity index is 2.29. The molecule has 1 atom stereocenters. The van der Waals surface area contributed by atoms with Crippen LogP contribution in [0.5, 0.6) is 0 Å². The second kappa shape index (κ2) is 5.46. The Morgan fingerprint density at radius 3 is 2.79 bits per heavy atom. The molecule has 1 aromatic rings. The van der Waals surface area contributed by atoms with E-state index in [1.165, 1.54) is 6.07 Å². The zero-order valence-corrected chi connectivity index (χ0v) is 12.0. The fraction of sp³-hybridized carbons (Fsp3) is 0.538. The largest absolute Gasteiger partial charge is 0.366 e. The molecule has 4 nitrogen and oxygen atoms in total. The molecule has 0 spiro atoms. The van der Waals surface area contributed by atoms with Gasteiger partial charge in [-0.2, -0.15) is 0 Å². The van der Waals surface area contributed by atoms with Crippen LogP contribution < -0.4 is 10.2 Å². The van der Waals surface area contributed by atoms with Gasteiger partial charge in [0, 0.05) is 25.7 Å². The maximum Gasteiger partial charge on any atom is 0.178 e. The predicted octanol–water partition coefficient (Wildman–Crippen LogP) is 1.42. The second-order valence-corrected chi connectivity index (χ2v) is 7.10. The minimum absolute atomic E-state index is 0.0174. The highest BCUT2D eigenvalue weighted by molar-refractivity contribution is 7.91. The summed E-state index contributed by atoms with van der Waals surface area (Å²) in [5.41, 5.74) is 0.475. The van der Waals surface area contributed by atoms with Crippen LogP contribution in [0, 0.1) is 5.82 Å². The summed E-state index contributed by atoms with van der Waals surface area (Å²) in [5, 5.41) is 3.29. The minimum Gasteiger partial charge on any atom is -0.366 e. The van der Waals surface area contributed by atoms with Gasteiger partial charge in [-0.25, -0.2) is 12.8 Å². The number of hydrogen-bond donors (Lipinski definition) is 1. The smallest absolute Gasteiger partial charge is 0.178 e. The molecular formula is C13H19FN2O2S. The van der Waals surface area contributed by atoms with Gasteiger partial charge < -0.3 is 10.2 Å². The molecule has 2 rings (SSSR count). The van der Waals surface area contributed by atoms with Gasteiger partial charge in [-0.3, -0.25) is 0 Å². The number of anilines is 1. The molecule has 1 aromatic carbocycles. The highest BCUT2D eigenvalue weighted by Crippen LogP contribution is 2.24. The standard InChI is InChI=1S/C13H19FN2O2S/c1-3-19(17,18)11-4-5-13(12(14)8-11)16-7-6-15-10(2)9-16/h4-5,8,10,15H,3,6-7,9H2,1-2H3. The van der Waals surface area contributed by atoms with Gasteiger partial charge in [0.1, 0.15) is 5.82 Å².